The molecule has 4 aromatic carbocycles. The molecule has 4 rings (SSSR count). The van der Waals surface area contributed by atoms with Crippen LogP contribution in [0, 0.1) is 5.82 Å². The summed E-state index contributed by atoms with van der Waals surface area (Å²) in [4.78, 5) is 0. The van der Waals surface area contributed by atoms with E-state index in [1.54, 1.807) is 18.2 Å². The average Bonchev–Trinajstić information content (AvgIpc) is 2.73. The van der Waals surface area contributed by atoms with Crippen LogP contribution in [0.2, 0.25) is 0 Å². The van der Waals surface area contributed by atoms with Crippen molar-refractivity contribution >= 4 is 10.8 Å². The van der Waals surface area contributed by atoms with E-state index >= 15 is 0 Å². The fourth-order valence-corrected chi connectivity index (χ4v) is 3.68. The molecule has 4 aromatic rings. The van der Waals surface area contributed by atoms with Crippen molar-refractivity contribution in [2.45, 2.75) is 19.0 Å². The van der Waals surface area contributed by atoms with Gasteiger partial charge >= 0.3 is 0 Å². The van der Waals surface area contributed by atoms with Gasteiger partial charge in [-0.2, -0.15) is 0 Å². The normalized spacial score (nSPS) is 13.4. The molecule has 0 fully saturated rings. The second-order valence-electron chi connectivity index (χ2n) is 7.00. The zero-order valence-electron chi connectivity index (χ0n) is 15.6. The lowest BCUT2D eigenvalue weighted by molar-refractivity contribution is 0.449. The topological polar surface area (TPSA) is 32.3 Å². The molecule has 0 aliphatic rings. The Morgan fingerprint density at radius 1 is 0.750 bits per heavy atom. The molecule has 0 amide bonds. The summed E-state index contributed by atoms with van der Waals surface area (Å²) in [7, 11) is 0. The molecule has 2 atom stereocenters. The first-order valence-corrected chi connectivity index (χ1v) is 9.40. The Hall–Kier alpha value is -3.17. The van der Waals surface area contributed by atoms with Crippen molar-refractivity contribution in [1.29, 1.82) is 0 Å². The number of aromatic hydroxyl groups is 1. The molecule has 0 unspecified atom stereocenters. The van der Waals surface area contributed by atoms with Crippen molar-refractivity contribution in [2.75, 3.05) is 0 Å². The highest BCUT2D eigenvalue weighted by Gasteiger charge is 2.22. The molecule has 0 saturated carbocycles. The monoisotopic (exact) mass is 371 g/mol. The van der Waals surface area contributed by atoms with Gasteiger partial charge in [0.2, 0.25) is 0 Å². The summed E-state index contributed by atoms with van der Waals surface area (Å²) in [5.74, 6) is -0.0541. The molecule has 0 bridgehead atoms. The zero-order valence-corrected chi connectivity index (χ0v) is 15.6. The van der Waals surface area contributed by atoms with Crippen LogP contribution in [0.5, 0.6) is 5.75 Å². The molecule has 0 saturated heterocycles. The van der Waals surface area contributed by atoms with Gasteiger partial charge in [-0.15, -0.1) is 0 Å². The van der Waals surface area contributed by atoms with Crippen molar-refractivity contribution in [3.8, 4) is 5.75 Å². The van der Waals surface area contributed by atoms with Crippen LogP contribution in [0.3, 0.4) is 0 Å². The summed E-state index contributed by atoms with van der Waals surface area (Å²) in [6, 6.07) is 28.0. The summed E-state index contributed by atoms with van der Waals surface area (Å²) >= 11 is 0. The van der Waals surface area contributed by atoms with Gasteiger partial charge in [0.1, 0.15) is 11.6 Å². The van der Waals surface area contributed by atoms with Gasteiger partial charge < -0.3 is 5.11 Å². The van der Waals surface area contributed by atoms with Crippen molar-refractivity contribution in [1.82, 2.24) is 5.32 Å². The number of rotatable bonds is 5. The maximum absolute atomic E-state index is 13.5. The first-order chi connectivity index (χ1) is 13.6. The predicted octanol–water partition coefficient (Wildman–Crippen LogP) is 6.12. The van der Waals surface area contributed by atoms with Crippen LogP contribution in [0.25, 0.3) is 10.8 Å². The number of benzene rings is 4. The van der Waals surface area contributed by atoms with Crippen molar-refractivity contribution in [2.24, 2.45) is 0 Å². The molecule has 0 radical (unpaired) electrons. The summed E-state index contributed by atoms with van der Waals surface area (Å²) < 4.78 is 13.5. The quantitative estimate of drug-likeness (QED) is 0.443. The molecule has 2 N–H and O–H groups in total. The number of hydrogen-bond donors (Lipinski definition) is 2. The number of halogens is 1. The lowest BCUT2D eigenvalue weighted by Crippen LogP contribution is -2.26. The number of phenolic OH excluding ortho intramolecular Hbond substituents is 1. The zero-order chi connectivity index (χ0) is 19.5. The summed E-state index contributed by atoms with van der Waals surface area (Å²) in [5.41, 5.74) is 2.85. The fraction of sp³-hybridized carbons (Fsp3) is 0.120. The Kier molecular flexibility index (Phi) is 5.09. The standard InChI is InChI=1S/C25H22FNO/c1-17(18-7-3-2-4-8-18)27-25(20-11-14-21(26)15-12-20)24-22-10-6-5-9-19(22)13-16-23(24)28/h2-17,25,27-28H,1H3/t17-,25-/m0/s1. The second-order valence-corrected chi connectivity index (χ2v) is 7.00. The van der Waals surface area contributed by atoms with Gasteiger partial charge in [-0.1, -0.05) is 72.8 Å². The third kappa shape index (κ3) is 3.62. The highest BCUT2D eigenvalue weighted by Crippen LogP contribution is 2.37. The van der Waals surface area contributed by atoms with E-state index in [2.05, 4.69) is 24.4 Å². The van der Waals surface area contributed by atoms with Crippen LogP contribution in [-0.4, -0.2) is 5.11 Å². The summed E-state index contributed by atoms with van der Waals surface area (Å²) in [6.07, 6.45) is 0. The Morgan fingerprint density at radius 3 is 2.18 bits per heavy atom. The van der Waals surface area contributed by atoms with Crippen LogP contribution < -0.4 is 5.32 Å². The van der Waals surface area contributed by atoms with Gasteiger partial charge in [-0.25, -0.2) is 4.39 Å². The molecule has 0 spiro atoms. The van der Waals surface area contributed by atoms with Gasteiger partial charge in [0.15, 0.2) is 0 Å². The molecule has 0 aliphatic heterocycles. The van der Waals surface area contributed by atoms with E-state index in [9.17, 15) is 9.50 Å². The number of nitrogens with one attached hydrogen (secondary N) is 1. The fourth-order valence-electron chi connectivity index (χ4n) is 3.68. The molecule has 0 aromatic heterocycles. The van der Waals surface area contributed by atoms with E-state index in [1.807, 2.05) is 48.5 Å². The third-order valence-corrected chi connectivity index (χ3v) is 5.16. The molecule has 2 nitrogen and oxygen atoms in total. The van der Waals surface area contributed by atoms with Gasteiger partial charge in [-0.05, 0) is 47.0 Å². The Morgan fingerprint density at radius 2 is 1.43 bits per heavy atom. The van der Waals surface area contributed by atoms with Gasteiger partial charge in [0.25, 0.3) is 0 Å². The van der Waals surface area contributed by atoms with Crippen molar-refractivity contribution in [3.63, 3.8) is 0 Å². The summed E-state index contributed by atoms with van der Waals surface area (Å²) in [5, 5.41) is 16.4. The van der Waals surface area contributed by atoms with E-state index in [1.165, 1.54) is 12.1 Å². The molecule has 0 heterocycles. The van der Waals surface area contributed by atoms with Crippen molar-refractivity contribution < 1.29 is 9.50 Å². The maximum atomic E-state index is 13.5. The van der Waals surface area contributed by atoms with Crippen LogP contribution in [0.1, 0.15) is 35.7 Å². The summed E-state index contributed by atoms with van der Waals surface area (Å²) in [6.45, 7) is 2.09. The maximum Gasteiger partial charge on any atom is 0.123 e. The van der Waals surface area contributed by atoms with E-state index in [0.717, 1.165) is 27.5 Å². The number of phenols is 1. The van der Waals surface area contributed by atoms with Crippen LogP contribution >= 0.6 is 0 Å². The third-order valence-electron chi connectivity index (χ3n) is 5.16. The van der Waals surface area contributed by atoms with E-state index in [0.29, 0.717) is 0 Å². The average molecular weight is 371 g/mol. The first kappa shape index (κ1) is 18.2. The van der Waals surface area contributed by atoms with Crippen molar-refractivity contribution in [3.05, 3.63) is 114 Å². The molecule has 0 aliphatic carbocycles. The van der Waals surface area contributed by atoms with Crippen LogP contribution in [0.4, 0.5) is 4.39 Å². The second kappa shape index (κ2) is 7.83. The van der Waals surface area contributed by atoms with E-state index in [4.69, 9.17) is 0 Å². The van der Waals surface area contributed by atoms with Crippen LogP contribution in [0.15, 0.2) is 91.0 Å². The van der Waals surface area contributed by atoms with E-state index in [-0.39, 0.29) is 23.7 Å². The first-order valence-electron chi connectivity index (χ1n) is 9.40. The smallest absolute Gasteiger partial charge is 0.123 e. The minimum atomic E-state index is -0.290. The molecule has 3 heteroatoms. The molecular weight excluding hydrogens is 349 g/mol. The number of fused-ring (bicyclic) bond motifs is 1. The minimum Gasteiger partial charge on any atom is -0.508 e. The number of hydrogen-bond acceptors (Lipinski definition) is 2. The SMILES string of the molecule is C[C@H](N[C@@H](c1ccc(F)cc1)c1c(O)ccc2ccccc12)c1ccccc1. The minimum absolute atomic E-state index is 0.0367. The molecule has 140 valence electrons. The highest BCUT2D eigenvalue weighted by atomic mass is 19.1. The predicted molar refractivity (Wildman–Crippen MR) is 112 cm³/mol. The Bertz CT molecular complexity index is 1080. The lowest BCUT2D eigenvalue weighted by atomic mass is 9.91. The van der Waals surface area contributed by atoms with Crippen LogP contribution in [-0.2, 0) is 0 Å². The molecule has 28 heavy (non-hydrogen) atoms. The lowest BCUT2D eigenvalue weighted by Gasteiger charge is -2.26. The van der Waals surface area contributed by atoms with E-state index < -0.39 is 0 Å². The Balaban J connectivity index is 1.84. The van der Waals surface area contributed by atoms with Gasteiger partial charge in [-0.3, -0.25) is 5.32 Å². The van der Waals surface area contributed by atoms with Gasteiger partial charge in [0.05, 0.1) is 6.04 Å². The van der Waals surface area contributed by atoms with Gasteiger partial charge in [0, 0.05) is 11.6 Å². The largest absolute Gasteiger partial charge is 0.508 e. The Labute approximate surface area is 164 Å². The molecular formula is C25H22FNO. The highest BCUT2D eigenvalue weighted by molar-refractivity contribution is 5.88.